The quantitative estimate of drug-likeness (QED) is 0.892. The molecule has 0 radical (unpaired) electrons. The number of hydrogen-bond donors (Lipinski definition) is 1. The van der Waals surface area contributed by atoms with Crippen molar-refractivity contribution in [1.82, 2.24) is 4.98 Å². The maximum atomic E-state index is 12.7. The second kappa shape index (κ2) is 5.07. The van der Waals surface area contributed by atoms with Crippen molar-refractivity contribution in [3.63, 3.8) is 0 Å². The molecule has 0 atom stereocenters. The zero-order chi connectivity index (χ0) is 12.3. The molecule has 0 bridgehead atoms. The van der Waals surface area contributed by atoms with Gasteiger partial charge in [-0.1, -0.05) is 11.6 Å². The highest BCUT2D eigenvalue weighted by atomic mass is 35.5. The van der Waals surface area contributed by atoms with Crippen molar-refractivity contribution < 1.29 is 23.4 Å². The van der Waals surface area contributed by atoms with Gasteiger partial charge in [-0.25, -0.2) is 13.8 Å². The third-order valence-electron chi connectivity index (χ3n) is 1.88. The van der Waals surface area contributed by atoms with Crippen LogP contribution in [0.2, 0.25) is 5.02 Å². The molecule has 7 heteroatoms. The number of rotatable bonds is 4. The van der Waals surface area contributed by atoms with Crippen LogP contribution in [0, 0.1) is 0 Å². The van der Waals surface area contributed by atoms with Crippen LogP contribution in [0.15, 0.2) is 6.20 Å². The molecule has 0 aliphatic heterocycles. The van der Waals surface area contributed by atoms with E-state index in [1.807, 2.05) is 0 Å². The molecule has 1 N–H and O–H groups in total. The summed E-state index contributed by atoms with van der Waals surface area (Å²) in [5.41, 5.74) is -0.742. The summed E-state index contributed by atoms with van der Waals surface area (Å²) in [5, 5.41) is 8.48. The second-order valence-electron chi connectivity index (χ2n) is 2.88. The van der Waals surface area contributed by atoms with Gasteiger partial charge in [0.25, 0.3) is 6.43 Å². The standard InChI is InChI=1S/C9H8ClF2NO3/c1-16-9-7(8(11)12)4(2-6(14)15)5(10)3-13-9/h3,8H,2H2,1H3,(H,14,15). The maximum Gasteiger partial charge on any atom is 0.307 e. The summed E-state index contributed by atoms with van der Waals surface area (Å²) in [4.78, 5) is 14.1. The Hall–Kier alpha value is -1.43. The predicted octanol–water partition coefficient (Wildman–Crippen LogP) is 2.31. The fraction of sp³-hybridized carbons (Fsp3) is 0.333. The number of aromatic nitrogens is 1. The molecule has 1 aromatic rings. The van der Waals surface area contributed by atoms with Gasteiger partial charge in [0.2, 0.25) is 5.88 Å². The Morgan fingerprint density at radius 2 is 2.31 bits per heavy atom. The number of carboxylic acid groups (broad SMARTS) is 1. The van der Waals surface area contributed by atoms with E-state index in [4.69, 9.17) is 16.7 Å². The van der Waals surface area contributed by atoms with E-state index in [0.717, 1.165) is 6.20 Å². The van der Waals surface area contributed by atoms with Crippen LogP contribution >= 0.6 is 11.6 Å². The molecule has 0 aliphatic carbocycles. The summed E-state index contributed by atoms with van der Waals surface area (Å²) in [6.45, 7) is 0. The first-order valence-electron chi connectivity index (χ1n) is 4.18. The van der Waals surface area contributed by atoms with E-state index in [-0.39, 0.29) is 16.5 Å². The van der Waals surface area contributed by atoms with E-state index in [1.54, 1.807) is 0 Å². The summed E-state index contributed by atoms with van der Waals surface area (Å²) < 4.78 is 30.1. The van der Waals surface area contributed by atoms with Crippen LogP contribution in [-0.2, 0) is 11.2 Å². The van der Waals surface area contributed by atoms with Crippen LogP contribution in [0.5, 0.6) is 5.88 Å². The summed E-state index contributed by atoms with van der Waals surface area (Å²) >= 11 is 5.63. The first-order valence-corrected chi connectivity index (χ1v) is 4.56. The highest BCUT2D eigenvalue weighted by Gasteiger charge is 2.23. The lowest BCUT2D eigenvalue weighted by atomic mass is 10.1. The number of halogens is 3. The van der Waals surface area contributed by atoms with Crippen LogP contribution in [-0.4, -0.2) is 23.2 Å². The van der Waals surface area contributed by atoms with Gasteiger partial charge in [-0.05, 0) is 5.56 Å². The lowest BCUT2D eigenvalue weighted by Crippen LogP contribution is -2.07. The van der Waals surface area contributed by atoms with Gasteiger partial charge in [0.05, 0.1) is 24.1 Å². The van der Waals surface area contributed by atoms with Crippen LogP contribution in [0.3, 0.4) is 0 Å². The molecular formula is C9H8ClF2NO3. The molecule has 0 unspecified atom stereocenters. The number of ether oxygens (including phenoxy) is 1. The summed E-state index contributed by atoms with van der Waals surface area (Å²) in [6, 6.07) is 0. The molecule has 1 aromatic heterocycles. The first-order chi connectivity index (χ1) is 7.47. The number of nitrogens with zero attached hydrogens (tertiary/aromatic N) is 1. The van der Waals surface area contributed by atoms with Crippen LogP contribution in [0.4, 0.5) is 8.78 Å². The monoisotopic (exact) mass is 251 g/mol. The van der Waals surface area contributed by atoms with Crippen LogP contribution in [0.25, 0.3) is 0 Å². The van der Waals surface area contributed by atoms with E-state index in [2.05, 4.69) is 9.72 Å². The number of hydrogen-bond acceptors (Lipinski definition) is 3. The fourth-order valence-electron chi connectivity index (χ4n) is 1.24. The van der Waals surface area contributed by atoms with E-state index in [1.165, 1.54) is 7.11 Å². The first kappa shape index (κ1) is 12.6. The SMILES string of the molecule is COc1ncc(Cl)c(CC(=O)O)c1C(F)F. The van der Waals surface area contributed by atoms with Gasteiger partial charge in [-0.15, -0.1) is 0 Å². The molecule has 4 nitrogen and oxygen atoms in total. The number of aliphatic carboxylic acids is 1. The molecule has 1 rings (SSSR count). The Kier molecular flexibility index (Phi) is 4.00. The van der Waals surface area contributed by atoms with Crippen molar-refractivity contribution in [3.05, 3.63) is 22.3 Å². The van der Waals surface area contributed by atoms with Crippen LogP contribution in [0.1, 0.15) is 17.6 Å². The fourth-order valence-corrected chi connectivity index (χ4v) is 1.46. The maximum absolute atomic E-state index is 12.7. The van der Waals surface area contributed by atoms with Crippen molar-refractivity contribution in [2.75, 3.05) is 7.11 Å². The number of alkyl halides is 2. The highest BCUT2D eigenvalue weighted by molar-refractivity contribution is 6.31. The van der Waals surface area contributed by atoms with Crippen LogP contribution < -0.4 is 4.74 Å². The van der Waals surface area contributed by atoms with E-state index in [9.17, 15) is 13.6 Å². The van der Waals surface area contributed by atoms with E-state index >= 15 is 0 Å². The van der Waals surface area contributed by atoms with Gasteiger partial charge >= 0.3 is 5.97 Å². The van der Waals surface area contributed by atoms with Gasteiger partial charge in [-0.3, -0.25) is 4.79 Å². The Bertz CT molecular complexity index is 412. The third-order valence-corrected chi connectivity index (χ3v) is 2.20. The number of carbonyl (C=O) groups is 1. The minimum absolute atomic E-state index is 0.113. The van der Waals surface area contributed by atoms with Gasteiger partial charge in [-0.2, -0.15) is 0 Å². The van der Waals surface area contributed by atoms with Crippen molar-refractivity contribution >= 4 is 17.6 Å². The number of carboxylic acids is 1. The Labute approximate surface area is 94.8 Å². The molecule has 0 fully saturated rings. The molecular weight excluding hydrogens is 244 g/mol. The average molecular weight is 252 g/mol. The van der Waals surface area contributed by atoms with Gasteiger partial charge in [0.1, 0.15) is 0 Å². The van der Waals surface area contributed by atoms with Crippen molar-refractivity contribution in [3.8, 4) is 5.88 Å². The zero-order valence-electron chi connectivity index (χ0n) is 8.21. The minimum atomic E-state index is -2.89. The predicted molar refractivity (Wildman–Crippen MR) is 52.1 cm³/mol. The molecule has 0 aliphatic rings. The van der Waals surface area contributed by atoms with E-state index in [0.29, 0.717) is 0 Å². The molecule has 0 spiro atoms. The van der Waals surface area contributed by atoms with Crippen molar-refractivity contribution in [2.45, 2.75) is 12.8 Å². The molecule has 0 saturated carbocycles. The largest absolute Gasteiger partial charge is 0.481 e. The lowest BCUT2D eigenvalue weighted by molar-refractivity contribution is -0.136. The molecule has 0 amide bonds. The highest BCUT2D eigenvalue weighted by Crippen LogP contribution is 2.34. The topological polar surface area (TPSA) is 59.4 Å². The summed E-state index contributed by atoms with van der Waals surface area (Å²) in [5.74, 6) is -1.56. The Morgan fingerprint density at radius 3 is 2.75 bits per heavy atom. The number of pyridine rings is 1. The molecule has 88 valence electrons. The van der Waals surface area contributed by atoms with Gasteiger partial charge in [0, 0.05) is 6.20 Å². The van der Waals surface area contributed by atoms with E-state index < -0.39 is 24.4 Å². The van der Waals surface area contributed by atoms with Gasteiger partial charge in [0.15, 0.2) is 0 Å². The second-order valence-corrected chi connectivity index (χ2v) is 3.29. The Morgan fingerprint density at radius 1 is 1.69 bits per heavy atom. The number of methoxy groups -OCH3 is 1. The summed E-state index contributed by atoms with van der Waals surface area (Å²) in [7, 11) is 1.17. The van der Waals surface area contributed by atoms with Crippen molar-refractivity contribution in [1.29, 1.82) is 0 Å². The third kappa shape index (κ3) is 2.57. The van der Waals surface area contributed by atoms with Gasteiger partial charge < -0.3 is 9.84 Å². The normalized spacial score (nSPS) is 10.6. The smallest absolute Gasteiger partial charge is 0.307 e. The molecule has 1 heterocycles. The Balaban J connectivity index is 3.35. The molecule has 0 aromatic carbocycles. The lowest BCUT2D eigenvalue weighted by Gasteiger charge is -2.12. The minimum Gasteiger partial charge on any atom is -0.481 e. The zero-order valence-corrected chi connectivity index (χ0v) is 8.96. The van der Waals surface area contributed by atoms with Crippen molar-refractivity contribution in [2.24, 2.45) is 0 Å². The summed E-state index contributed by atoms with van der Waals surface area (Å²) in [6.07, 6.45) is -2.41. The molecule has 16 heavy (non-hydrogen) atoms. The molecule has 0 saturated heterocycles. The average Bonchev–Trinajstić information content (AvgIpc) is 2.19.